The number of hydrogen-bond donors (Lipinski definition) is 1. The predicted molar refractivity (Wildman–Crippen MR) is 65.6 cm³/mol. The van der Waals surface area contributed by atoms with E-state index in [2.05, 4.69) is 44.1 Å². The lowest BCUT2D eigenvalue weighted by Crippen LogP contribution is -2.14. The molecular formula is C11H14BrN3. The molecule has 1 heterocycles. The molecule has 0 aliphatic carbocycles. The van der Waals surface area contributed by atoms with Crippen molar-refractivity contribution in [2.75, 3.05) is 5.32 Å². The van der Waals surface area contributed by atoms with Crippen molar-refractivity contribution in [1.82, 2.24) is 9.97 Å². The fraction of sp³-hybridized carbons (Fsp3) is 0.455. The van der Waals surface area contributed by atoms with E-state index in [9.17, 15) is 0 Å². The third-order valence-electron chi connectivity index (χ3n) is 1.83. The van der Waals surface area contributed by atoms with Gasteiger partial charge in [0.2, 0.25) is 0 Å². The number of anilines is 1. The first-order valence-electron chi connectivity index (χ1n) is 4.91. The lowest BCUT2D eigenvalue weighted by molar-refractivity contribution is 0.826. The van der Waals surface area contributed by atoms with E-state index < -0.39 is 0 Å². The summed E-state index contributed by atoms with van der Waals surface area (Å²) in [7, 11) is 0. The van der Waals surface area contributed by atoms with Gasteiger partial charge in [-0.3, -0.25) is 0 Å². The molecule has 1 aromatic rings. The van der Waals surface area contributed by atoms with E-state index in [0.717, 1.165) is 29.1 Å². The Morgan fingerprint density at radius 3 is 2.93 bits per heavy atom. The minimum absolute atomic E-state index is 0.0266. The molecule has 0 aliphatic rings. The monoisotopic (exact) mass is 267 g/mol. The van der Waals surface area contributed by atoms with Crippen molar-refractivity contribution in [3.8, 4) is 12.3 Å². The van der Waals surface area contributed by atoms with E-state index >= 15 is 0 Å². The van der Waals surface area contributed by atoms with Crippen molar-refractivity contribution < 1.29 is 0 Å². The average molecular weight is 268 g/mol. The zero-order valence-electron chi connectivity index (χ0n) is 8.92. The Hall–Kier alpha value is -1.08. The first kappa shape index (κ1) is 12.0. The Kier molecular flexibility index (Phi) is 4.57. The SMILES string of the molecule is C#CC(C)Nc1cc(Br)nc(CCC)n1. The van der Waals surface area contributed by atoms with E-state index in [4.69, 9.17) is 6.42 Å². The van der Waals surface area contributed by atoms with E-state index in [1.165, 1.54) is 0 Å². The number of nitrogens with zero attached hydrogens (tertiary/aromatic N) is 2. The Bertz CT molecular complexity index is 371. The van der Waals surface area contributed by atoms with Gasteiger partial charge >= 0.3 is 0 Å². The van der Waals surface area contributed by atoms with Crippen LogP contribution in [0.5, 0.6) is 0 Å². The molecule has 0 saturated heterocycles. The lowest BCUT2D eigenvalue weighted by Gasteiger charge is -2.09. The van der Waals surface area contributed by atoms with Gasteiger partial charge in [0.15, 0.2) is 0 Å². The molecule has 4 heteroatoms. The summed E-state index contributed by atoms with van der Waals surface area (Å²) in [6, 6.07) is 1.80. The van der Waals surface area contributed by atoms with Crippen LogP contribution in [-0.4, -0.2) is 16.0 Å². The van der Waals surface area contributed by atoms with Gasteiger partial charge in [0.25, 0.3) is 0 Å². The van der Waals surface area contributed by atoms with Crippen molar-refractivity contribution in [2.24, 2.45) is 0 Å². The molecular weight excluding hydrogens is 254 g/mol. The van der Waals surface area contributed by atoms with Crippen LogP contribution in [0.25, 0.3) is 0 Å². The van der Waals surface area contributed by atoms with Crippen molar-refractivity contribution in [3.63, 3.8) is 0 Å². The molecule has 1 rings (SSSR count). The number of aromatic nitrogens is 2. The number of halogens is 1. The second-order valence-electron chi connectivity index (χ2n) is 3.27. The Labute approximate surface area is 98.8 Å². The molecule has 1 unspecified atom stereocenters. The normalized spacial score (nSPS) is 11.9. The quantitative estimate of drug-likeness (QED) is 0.673. The lowest BCUT2D eigenvalue weighted by atomic mass is 10.3. The van der Waals surface area contributed by atoms with Gasteiger partial charge < -0.3 is 5.32 Å². The van der Waals surface area contributed by atoms with Gasteiger partial charge in [0.1, 0.15) is 16.2 Å². The van der Waals surface area contributed by atoms with Crippen LogP contribution in [0.4, 0.5) is 5.82 Å². The van der Waals surface area contributed by atoms with E-state index in [1.54, 1.807) is 0 Å². The van der Waals surface area contributed by atoms with Gasteiger partial charge in [-0.25, -0.2) is 9.97 Å². The zero-order chi connectivity index (χ0) is 11.3. The third-order valence-corrected chi connectivity index (χ3v) is 2.24. The van der Waals surface area contributed by atoms with Crippen LogP contribution in [0.2, 0.25) is 0 Å². The van der Waals surface area contributed by atoms with Crippen LogP contribution in [-0.2, 0) is 6.42 Å². The highest BCUT2D eigenvalue weighted by Gasteiger charge is 2.04. The standard InChI is InChI=1S/C11H14BrN3/c1-4-6-10-14-9(12)7-11(15-10)13-8(3)5-2/h2,7-8H,4,6H2,1,3H3,(H,13,14,15). The van der Waals surface area contributed by atoms with Crippen LogP contribution in [0.1, 0.15) is 26.1 Å². The van der Waals surface area contributed by atoms with Crippen molar-refractivity contribution in [2.45, 2.75) is 32.7 Å². The highest BCUT2D eigenvalue weighted by Crippen LogP contribution is 2.13. The van der Waals surface area contributed by atoms with Crippen LogP contribution in [0, 0.1) is 12.3 Å². The Balaban J connectivity index is 2.84. The Morgan fingerprint density at radius 2 is 2.33 bits per heavy atom. The number of hydrogen-bond acceptors (Lipinski definition) is 3. The second kappa shape index (κ2) is 5.72. The van der Waals surface area contributed by atoms with Gasteiger partial charge in [-0.15, -0.1) is 6.42 Å². The summed E-state index contributed by atoms with van der Waals surface area (Å²) >= 11 is 3.35. The van der Waals surface area contributed by atoms with Crippen LogP contribution < -0.4 is 5.32 Å². The molecule has 1 N–H and O–H groups in total. The summed E-state index contributed by atoms with van der Waals surface area (Å²) in [5.41, 5.74) is 0. The fourth-order valence-electron chi connectivity index (χ4n) is 1.14. The molecule has 1 aromatic heterocycles. The molecule has 15 heavy (non-hydrogen) atoms. The Morgan fingerprint density at radius 1 is 1.60 bits per heavy atom. The molecule has 0 amide bonds. The summed E-state index contributed by atoms with van der Waals surface area (Å²) in [6.07, 6.45) is 7.19. The fourth-order valence-corrected chi connectivity index (χ4v) is 1.56. The zero-order valence-corrected chi connectivity index (χ0v) is 10.5. The topological polar surface area (TPSA) is 37.8 Å². The largest absolute Gasteiger partial charge is 0.357 e. The summed E-state index contributed by atoms with van der Waals surface area (Å²) < 4.78 is 0.785. The maximum atomic E-state index is 5.29. The molecule has 0 radical (unpaired) electrons. The third kappa shape index (κ3) is 3.88. The molecule has 0 spiro atoms. The van der Waals surface area contributed by atoms with Gasteiger partial charge in [0.05, 0.1) is 6.04 Å². The summed E-state index contributed by atoms with van der Waals surface area (Å²) in [4.78, 5) is 8.63. The average Bonchev–Trinajstić information content (AvgIpc) is 2.17. The maximum Gasteiger partial charge on any atom is 0.132 e. The van der Waals surface area contributed by atoms with Crippen molar-refractivity contribution in [3.05, 3.63) is 16.5 Å². The number of rotatable bonds is 4. The summed E-state index contributed by atoms with van der Waals surface area (Å²) in [6.45, 7) is 4.01. The minimum Gasteiger partial charge on any atom is -0.357 e. The van der Waals surface area contributed by atoms with Crippen molar-refractivity contribution >= 4 is 21.7 Å². The van der Waals surface area contributed by atoms with E-state index in [0.29, 0.717) is 0 Å². The number of aryl methyl sites for hydroxylation is 1. The van der Waals surface area contributed by atoms with Crippen molar-refractivity contribution in [1.29, 1.82) is 0 Å². The van der Waals surface area contributed by atoms with Crippen LogP contribution in [0.3, 0.4) is 0 Å². The summed E-state index contributed by atoms with van der Waals surface area (Å²) in [5, 5.41) is 3.11. The molecule has 0 bridgehead atoms. The molecule has 80 valence electrons. The highest BCUT2D eigenvalue weighted by atomic mass is 79.9. The molecule has 0 aliphatic heterocycles. The molecule has 0 fully saturated rings. The molecule has 0 aromatic carbocycles. The van der Waals surface area contributed by atoms with Gasteiger partial charge in [-0.05, 0) is 29.3 Å². The van der Waals surface area contributed by atoms with Gasteiger partial charge in [-0.1, -0.05) is 12.8 Å². The molecule has 0 saturated carbocycles. The smallest absolute Gasteiger partial charge is 0.132 e. The highest BCUT2D eigenvalue weighted by molar-refractivity contribution is 9.10. The van der Waals surface area contributed by atoms with Gasteiger partial charge in [0, 0.05) is 12.5 Å². The number of nitrogens with one attached hydrogen (secondary N) is 1. The second-order valence-corrected chi connectivity index (χ2v) is 4.09. The van der Waals surface area contributed by atoms with Crippen LogP contribution in [0.15, 0.2) is 10.7 Å². The van der Waals surface area contributed by atoms with Crippen LogP contribution >= 0.6 is 15.9 Å². The maximum absolute atomic E-state index is 5.29. The first-order chi connectivity index (χ1) is 7.15. The van der Waals surface area contributed by atoms with E-state index in [-0.39, 0.29) is 6.04 Å². The predicted octanol–water partition coefficient (Wildman–Crippen LogP) is 2.63. The van der Waals surface area contributed by atoms with E-state index in [1.807, 2.05) is 13.0 Å². The molecule has 3 nitrogen and oxygen atoms in total. The van der Waals surface area contributed by atoms with Gasteiger partial charge in [-0.2, -0.15) is 0 Å². The molecule has 1 atom stereocenters. The number of terminal acetylenes is 1. The first-order valence-corrected chi connectivity index (χ1v) is 5.71. The minimum atomic E-state index is -0.0266. The summed E-state index contributed by atoms with van der Waals surface area (Å²) in [5.74, 6) is 4.20.